The maximum absolute atomic E-state index is 5.65. The summed E-state index contributed by atoms with van der Waals surface area (Å²) in [5.41, 5.74) is 0. The highest BCUT2D eigenvalue weighted by atomic mass is 16.6. The molecule has 16 heavy (non-hydrogen) atoms. The SMILES string of the molecule is C1CC2C(NCC3COCCO3)CCN2C1. The van der Waals surface area contributed by atoms with Crippen molar-refractivity contribution in [3.63, 3.8) is 0 Å². The lowest BCUT2D eigenvalue weighted by Gasteiger charge is -2.27. The molecule has 3 saturated heterocycles. The van der Waals surface area contributed by atoms with Crippen molar-refractivity contribution in [2.45, 2.75) is 37.5 Å². The van der Waals surface area contributed by atoms with Gasteiger partial charge in [0.25, 0.3) is 0 Å². The Balaban J connectivity index is 1.44. The first-order valence-electron chi connectivity index (χ1n) is 6.60. The normalized spacial score (nSPS) is 40.1. The van der Waals surface area contributed by atoms with Crippen LogP contribution < -0.4 is 5.32 Å². The number of hydrogen-bond donors (Lipinski definition) is 1. The second-order valence-corrected chi connectivity index (χ2v) is 5.12. The molecule has 0 saturated carbocycles. The Labute approximate surface area is 97.3 Å². The number of nitrogens with zero attached hydrogens (tertiary/aromatic N) is 1. The summed E-state index contributed by atoms with van der Waals surface area (Å²) in [4.78, 5) is 2.63. The van der Waals surface area contributed by atoms with Gasteiger partial charge in [0, 0.05) is 25.2 Å². The molecule has 0 bridgehead atoms. The maximum atomic E-state index is 5.65. The minimum atomic E-state index is 0.268. The standard InChI is InChI=1S/C12H22N2O2/c1-2-12-11(3-5-14(12)4-1)13-8-10-9-15-6-7-16-10/h10-13H,1-9H2. The lowest BCUT2D eigenvalue weighted by atomic mass is 10.1. The molecule has 0 aromatic heterocycles. The van der Waals surface area contributed by atoms with E-state index in [-0.39, 0.29) is 6.10 Å². The highest BCUT2D eigenvalue weighted by Crippen LogP contribution is 2.27. The van der Waals surface area contributed by atoms with Crippen LogP contribution in [0.1, 0.15) is 19.3 Å². The van der Waals surface area contributed by atoms with E-state index in [4.69, 9.17) is 9.47 Å². The Morgan fingerprint density at radius 1 is 1.19 bits per heavy atom. The summed E-state index contributed by atoms with van der Waals surface area (Å²) in [6, 6.07) is 1.48. The molecule has 0 aliphatic carbocycles. The predicted octanol–water partition coefficient (Wildman–Crippen LogP) is 0.228. The molecule has 4 heteroatoms. The second-order valence-electron chi connectivity index (χ2n) is 5.12. The number of ether oxygens (including phenoxy) is 2. The second kappa shape index (κ2) is 5.00. The lowest BCUT2D eigenvalue weighted by Crippen LogP contribution is -2.45. The van der Waals surface area contributed by atoms with Crippen molar-refractivity contribution in [2.24, 2.45) is 0 Å². The van der Waals surface area contributed by atoms with Gasteiger partial charge in [-0.15, -0.1) is 0 Å². The van der Waals surface area contributed by atoms with E-state index in [9.17, 15) is 0 Å². The van der Waals surface area contributed by atoms with E-state index in [1.54, 1.807) is 0 Å². The highest BCUT2D eigenvalue weighted by molar-refractivity contribution is 4.95. The van der Waals surface area contributed by atoms with E-state index in [0.29, 0.717) is 6.04 Å². The molecule has 0 spiro atoms. The lowest BCUT2D eigenvalue weighted by molar-refractivity contribution is -0.0872. The third kappa shape index (κ3) is 2.25. The van der Waals surface area contributed by atoms with E-state index < -0.39 is 0 Å². The summed E-state index contributed by atoms with van der Waals surface area (Å²) in [6.07, 6.45) is 4.33. The first-order chi connectivity index (χ1) is 7.93. The van der Waals surface area contributed by atoms with Gasteiger partial charge >= 0.3 is 0 Å². The molecule has 0 aromatic carbocycles. The highest BCUT2D eigenvalue weighted by Gasteiger charge is 2.36. The monoisotopic (exact) mass is 226 g/mol. The molecule has 0 amide bonds. The average Bonchev–Trinajstić information content (AvgIpc) is 2.90. The minimum absolute atomic E-state index is 0.268. The fourth-order valence-corrected chi connectivity index (χ4v) is 3.26. The number of rotatable bonds is 3. The summed E-state index contributed by atoms with van der Waals surface area (Å²) < 4.78 is 11.1. The molecule has 4 nitrogen and oxygen atoms in total. The van der Waals surface area contributed by atoms with E-state index in [2.05, 4.69) is 10.2 Å². The van der Waals surface area contributed by atoms with Crippen LogP contribution in [0.4, 0.5) is 0 Å². The minimum Gasteiger partial charge on any atom is -0.376 e. The first kappa shape index (κ1) is 11.0. The number of nitrogens with one attached hydrogen (secondary N) is 1. The van der Waals surface area contributed by atoms with Crippen LogP contribution in [0.25, 0.3) is 0 Å². The van der Waals surface area contributed by atoms with Gasteiger partial charge in [0.1, 0.15) is 0 Å². The van der Waals surface area contributed by atoms with E-state index in [0.717, 1.165) is 32.4 Å². The number of hydrogen-bond acceptors (Lipinski definition) is 4. The Hall–Kier alpha value is -0.160. The topological polar surface area (TPSA) is 33.7 Å². The molecule has 3 rings (SSSR count). The summed E-state index contributed by atoms with van der Waals surface area (Å²) in [6.45, 7) is 5.82. The maximum Gasteiger partial charge on any atom is 0.0933 e. The van der Waals surface area contributed by atoms with Crippen LogP contribution in [0.5, 0.6) is 0 Å². The Bertz CT molecular complexity index is 231. The molecule has 1 N–H and O–H groups in total. The zero-order chi connectivity index (χ0) is 10.8. The van der Waals surface area contributed by atoms with E-state index in [1.807, 2.05) is 0 Å². The third-order valence-electron chi connectivity index (χ3n) is 4.10. The third-order valence-corrected chi connectivity index (χ3v) is 4.10. The van der Waals surface area contributed by atoms with Crippen LogP contribution >= 0.6 is 0 Å². The van der Waals surface area contributed by atoms with Crippen molar-refractivity contribution in [1.82, 2.24) is 10.2 Å². The quantitative estimate of drug-likeness (QED) is 0.747. The van der Waals surface area contributed by atoms with E-state index in [1.165, 1.54) is 32.4 Å². The Morgan fingerprint density at radius 3 is 3.06 bits per heavy atom. The van der Waals surface area contributed by atoms with Crippen LogP contribution in [0.15, 0.2) is 0 Å². The van der Waals surface area contributed by atoms with Crippen molar-refractivity contribution >= 4 is 0 Å². The molecule has 92 valence electrons. The molecular formula is C12H22N2O2. The smallest absolute Gasteiger partial charge is 0.0933 e. The van der Waals surface area contributed by atoms with Gasteiger partial charge in [0.05, 0.1) is 25.9 Å². The molecule has 3 fully saturated rings. The van der Waals surface area contributed by atoms with Crippen LogP contribution in [0, 0.1) is 0 Å². The molecule has 0 radical (unpaired) electrons. The molecule has 3 aliphatic heterocycles. The summed E-state index contributed by atoms with van der Waals surface area (Å²) in [5, 5.41) is 3.68. The predicted molar refractivity (Wildman–Crippen MR) is 61.6 cm³/mol. The summed E-state index contributed by atoms with van der Waals surface area (Å²) >= 11 is 0. The van der Waals surface area contributed by atoms with Gasteiger partial charge in [-0.2, -0.15) is 0 Å². The van der Waals surface area contributed by atoms with Gasteiger partial charge in [0.2, 0.25) is 0 Å². The molecule has 3 heterocycles. The van der Waals surface area contributed by atoms with Gasteiger partial charge < -0.3 is 14.8 Å². The summed E-state index contributed by atoms with van der Waals surface area (Å²) in [5.74, 6) is 0. The molecule has 0 aromatic rings. The van der Waals surface area contributed by atoms with Gasteiger partial charge in [-0.05, 0) is 25.8 Å². The van der Waals surface area contributed by atoms with Crippen LogP contribution in [0.3, 0.4) is 0 Å². The van der Waals surface area contributed by atoms with Crippen molar-refractivity contribution in [2.75, 3.05) is 39.5 Å². The van der Waals surface area contributed by atoms with Gasteiger partial charge in [-0.3, -0.25) is 4.90 Å². The fraction of sp³-hybridized carbons (Fsp3) is 1.00. The average molecular weight is 226 g/mol. The van der Waals surface area contributed by atoms with Crippen LogP contribution in [-0.4, -0.2) is 62.5 Å². The summed E-state index contributed by atoms with van der Waals surface area (Å²) in [7, 11) is 0. The van der Waals surface area contributed by atoms with Crippen molar-refractivity contribution in [1.29, 1.82) is 0 Å². The molecule has 3 aliphatic rings. The zero-order valence-corrected chi connectivity index (χ0v) is 9.86. The van der Waals surface area contributed by atoms with E-state index >= 15 is 0 Å². The first-order valence-corrected chi connectivity index (χ1v) is 6.60. The fourth-order valence-electron chi connectivity index (χ4n) is 3.26. The van der Waals surface area contributed by atoms with Gasteiger partial charge in [-0.1, -0.05) is 0 Å². The largest absolute Gasteiger partial charge is 0.376 e. The Kier molecular flexibility index (Phi) is 3.43. The number of fused-ring (bicyclic) bond motifs is 1. The Morgan fingerprint density at radius 2 is 2.19 bits per heavy atom. The van der Waals surface area contributed by atoms with Crippen molar-refractivity contribution < 1.29 is 9.47 Å². The molecular weight excluding hydrogens is 204 g/mol. The van der Waals surface area contributed by atoms with Gasteiger partial charge in [-0.25, -0.2) is 0 Å². The zero-order valence-electron chi connectivity index (χ0n) is 9.86. The molecule has 3 unspecified atom stereocenters. The van der Waals surface area contributed by atoms with Crippen molar-refractivity contribution in [3.05, 3.63) is 0 Å². The van der Waals surface area contributed by atoms with Crippen molar-refractivity contribution in [3.8, 4) is 0 Å². The van der Waals surface area contributed by atoms with Crippen LogP contribution in [-0.2, 0) is 9.47 Å². The van der Waals surface area contributed by atoms with Gasteiger partial charge in [0.15, 0.2) is 0 Å². The van der Waals surface area contributed by atoms with Crippen LogP contribution in [0.2, 0.25) is 0 Å². The molecule has 3 atom stereocenters.